The third kappa shape index (κ3) is 3.35. The van der Waals surface area contributed by atoms with Crippen LogP contribution in [0.2, 0.25) is 0 Å². The number of anilines is 1. The molecule has 2 rings (SSSR count). The summed E-state index contributed by atoms with van der Waals surface area (Å²) in [7, 11) is 0. The second-order valence-electron chi connectivity index (χ2n) is 4.03. The van der Waals surface area contributed by atoms with Crippen molar-refractivity contribution in [2.75, 3.05) is 5.32 Å². The number of rotatable bonds is 3. The molecule has 0 unspecified atom stereocenters. The van der Waals surface area contributed by atoms with Crippen LogP contribution in [0.1, 0.15) is 15.9 Å². The van der Waals surface area contributed by atoms with E-state index in [-0.39, 0.29) is 15.9 Å². The third-order valence-electron chi connectivity index (χ3n) is 2.59. The van der Waals surface area contributed by atoms with Crippen LogP contribution in [-0.2, 0) is 5.88 Å². The maximum Gasteiger partial charge on any atom is 0.255 e. The van der Waals surface area contributed by atoms with Crippen molar-refractivity contribution in [1.29, 1.82) is 0 Å². The molecule has 0 aliphatic heterocycles. The smallest absolute Gasteiger partial charge is 0.255 e. The van der Waals surface area contributed by atoms with Crippen molar-refractivity contribution in [3.05, 3.63) is 63.6 Å². The molecule has 0 heterocycles. The number of hydrogen-bond donors (Lipinski definition) is 1. The zero-order valence-electron chi connectivity index (χ0n) is 10.1. The average molecular weight is 361 g/mol. The second kappa shape index (κ2) is 6.33. The predicted molar refractivity (Wildman–Crippen MR) is 78.0 cm³/mol. The number of benzene rings is 2. The lowest BCUT2D eigenvalue weighted by Gasteiger charge is -2.09. The van der Waals surface area contributed by atoms with Crippen LogP contribution in [-0.4, -0.2) is 5.91 Å². The number of halogens is 4. The highest BCUT2D eigenvalue weighted by Gasteiger charge is 2.15. The summed E-state index contributed by atoms with van der Waals surface area (Å²) >= 11 is 8.64. The number of nitrogens with one attached hydrogen (secondary N) is 1. The Morgan fingerprint density at radius 2 is 1.85 bits per heavy atom. The molecule has 1 N–H and O–H groups in total. The van der Waals surface area contributed by atoms with Gasteiger partial charge in [0.2, 0.25) is 0 Å². The van der Waals surface area contributed by atoms with Gasteiger partial charge in [-0.25, -0.2) is 8.78 Å². The van der Waals surface area contributed by atoms with Gasteiger partial charge in [-0.15, -0.1) is 11.6 Å². The van der Waals surface area contributed by atoms with Gasteiger partial charge in [0.05, 0.1) is 0 Å². The molecule has 6 heteroatoms. The first-order chi connectivity index (χ1) is 9.51. The zero-order chi connectivity index (χ0) is 14.7. The van der Waals surface area contributed by atoms with Crippen LogP contribution >= 0.6 is 27.5 Å². The molecule has 0 aromatic heterocycles. The first-order valence-electron chi connectivity index (χ1n) is 5.62. The highest BCUT2D eigenvalue weighted by molar-refractivity contribution is 9.10. The first-order valence-corrected chi connectivity index (χ1v) is 6.95. The van der Waals surface area contributed by atoms with E-state index < -0.39 is 23.2 Å². The maximum atomic E-state index is 13.6. The van der Waals surface area contributed by atoms with Crippen LogP contribution in [0.4, 0.5) is 14.5 Å². The first kappa shape index (κ1) is 14.9. The van der Waals surface area contributed by atoms with Crippen molar-refractivity contribution in [3.8, 4) is 0 Å². The monoisotopic (exact) mass is 359 g/mol. The molecule has 2 aromatic rings. The molecule has 0 fully saturated rings. The lowest BCUT2D eigenvalue weighted by molar-refractivity contribution is 0.102. The minimum atomic E-state index is -0.848. The highest BCUT2D eigenvalue weighted by Crippen LogP contribution is 2.24. The number of carbonyl (C=O) groups excluding carboxylic acids is 1. The Balaban J connectivity index is 2.28. The fraction of sp³-hybridized carbons (Fsp3) is 0.0714. The van der Waals surface area contributed by atoms with Gasteiger partial charge < -0.3 is 5.32 Å². The molecule has 1 amide bonds. The molecule has 0 radical (unpaired) electrons. The van der Waals surface area contributed by atoms with Gasteiger partial charge in [0, 0.05) is 15.9 Å². The van der Waals surface area contributed by atoms with E-state index in [1.807, 2.05) is 0 Å². The minimum Gasteiger partial charge on any atom is -0.317 e. The summed E-state index contributed by atoms with van der Waals surface area (Å²) < 4.78 is 27.5. The largest absolute Gasteiger partial charge is 0.317 e. The number of carbonyl (C=O) groups is 1. The maximum absolute atomic E-state index is 13.6. The molecular formula is C14H9BrClF2NO. The summed E-state index contributed by atoms with van der Waals surface area (Å²) in [4.78, 5) is 12.0. The van der Waals surface area contributed by atoms with E-state index in [0.717, 1.165) is 17.7 Å². The average Bonchev–Trinajstić information content (AvgIpc) is 2.42. The van der Waals surface area contributed by atoms with Crippen LogP contribution in [0, 0.1) is 11.6 Å². The molecule has 0 saturated carbocycles. The molecule has 0 aliphatic rings. The van der Waals surface area contributed by atoms with Gasteiger partial charge in [-0.05, 0) is 29.8 Å². The Hall–Kier alpha value is -1.46. The Labute approximate surface area is 127 Å². The lowest BCUT2D eigenvalue weighted by Crippen LogP contribution is -2.14. The van der Waals surface area contributed by atoms with E-state index >= 15 is 0 Å². The molecule has 2 aromatic carbocycles. The van der Waals surface area contributed by atoms with Crippen molar-refractivity contribution < 1.29 is 13.6 Å². The van der Waals surface area contributed by atoms with Crippen LogP contribution in [0.25, 0.3) is 0 Å². The van der Waals surface area contributed by atoms with Gasteiger partial charge in [0.15, 0.2) is 11.6 Å². The standard InChI is InChI=1S/C14H9BrClF2NO/c15-10-5-11(17)13(12(18)6-10)19-14(20)9-3-1-2-8(4-9)7-16/h1-6H,7H2,(H,19,20). The summed E-state index contributed by atoms with van der Waals surface area (Å²) in [5.41, 5.74) is 0.551. The zero-order valence-corrected chi connectivity index (χ0v) is 12.4. The summed E-state index contributed by atoms with van der Waals surface area (Å²) in [5, 5.41) is 2.22. The van der Waals surface area contributed by atoms with Crippen molar-refractivity contribution in [2.24, 2.45) is 0 Å². The third-order valence-corrected chi connectivity index (χ3v) is 3.36. The van der Waals surface area contributed by atoms with E-state index in [2.05, 4.69) is 21.2 Å². The van der Waals surface area contributed by atoms with Crippen molar-refractivity contribution in [2.45, 2.75) is 5.88 Å². The molecule has 0 saturated heterocycles. The summed E-state index contributed by atoms with van der Waals surface area (Å²) in [6.07, 6.45) is 0. The van der Waals surface area contributed by atoms with Gasteiger partial charge in [-0.2, -0.15) is 0 Å². The Morgan fingerprint density at radius 1 is 1.20 bits per heavy atom. The summed E-state index contributed by atoms with van der Waals surface area (Å²) in [6.45, 7) is 0. The van der Waals surface area contributed by atoms with Gasteiger partial charge >= 0.3 is 0 Å². The molecule has 2 nitrogen and oxygen atoms in total. The molecule has 0 spiro atoms. The van der Waals surface area contributed by atoms with Crippen LogP contribution in [0.3, 0.4) is 0 Å². The van der Waals surface area contributed by atoms with Crippen LogP contribution in [0.15, 0.2) is 40.9 Å². The Bertz CT molecular complexity index is 640. The minimum absolute atomic E-state index is 0.252. The number of hydrogen-bond acceptors (Lipinski definition) is 1. The van der Waals surface area contributed by atoms with Crippen molar-refractivity contribution in [1.82, 2.24) is 0 Å². The Morgan fingerprint density at radius 3 is 2.45 bits per heavy atom. The van der Waals surface area contributed by atoms with E-state index in [4.69, 9.17) is 11.6 Å². The van der Waals surface area contributed by atoms with E-state index in [9.17, 15) is 13.6 Å². The van der Waals surface area contributed by atoms with Crippen molar-refractivity contribution in [3.63, 3.8) is 0 Å². The Kier molecular flexibility index (Phi) is 4.73. The number of amides is 1. The predicted octanol–water partition coefficient (Wildman–Crippen LogP) is 4.72. The van der Waals surface area contributed by atoms with Crippen LogP contribution < -0.4 is 5.32 Å². The highest BCUT2D eigenvalue weighted by atomic mass is 79.9. The fourth-order valence-electron chi connectivity index (χ4n) is 1.64. The fourth-order valence-corrected chi connectivity index (χ4v) is 2.21. The lowest BCUT2D eigenvalue weighted by atomic mass is 10.1. The molecule has 0 atom stereocenters. The van der Waals surface area contributed by atoms with Gasteiger partial charge in [-0.1, -0.05) is 28.1 Å². The second-order valence-corrected chi connectivity index (χ2v) is 5.22. The summed E-state index contributed by atoms with van der Waals surface area (Å²) in [5.74, 6) is -2.04. The molecule has 20 heavy (non-hydrogen) atoms. The molecule has 104 valence electrons. The van der Waals surface area contributed by atoms with E-state index in [1.54, 1.807) is 24.3 Å². The van der Waals surface area contributed by atoms with E-state index in [0.29, 0.717) is 0 Å². The SMILES string of the molecule is O=C(Nc1c(F)cc(Br)cc1F)c1cccc(CCl)c1. The topological polar surface area (TPSA) is 29.1 Å². The summed E-state index contributed by atoms with van der Waals surface area (Å²) in [6, 6.07) is 8.67. The number of alkyl halides is 1. The molecule has 0 aliphatic carbocycles. The van der Waals surface area contributed by atoms with Gasteiger partial charge in [0.25, 0.3) is 5.91 Å². The van der Waals surface area contributed by atoms with Crippen LogP contribution in [0.5, 0.6) is 0 Å². The molecular weight excluding hydrogens is 352 g/mol. The van der Waals surface area contributed by atoms with Gasteiger partial charge in [-0.3, -0.25) is 4.79 Å². The van der Waals surface area contributed by atoms with Gasteiger partial charge in [0.1, 0.15) is 5.69 Å². The molecule has 0 bridgehead atoms. The quantitative estimate of drug-likeness (QED) is 0.789. The van der Waals surface area contributed by atoms with Crippen molar-refractivity contribution >= 4 is 39.1 Å². The van der Waals surface area contributed by atoms with E-state index in [1.165, 1.54) is 0 Å². The normalized spacial score (nSPS) is 10.4.